The van der Waals surface area contributed by atoms with Crippen LogP contribution in [0.3, 0.4) is 0 Å². The van der Waals surface area contributed by atoms with Gasteiger partial charge in [-0.05, 0) is 27.7 Å². The number of rotatable bonds is 8. The monoisotopic (exact) mass is 216 g/mol. The summed E-state index contributed by atoms with van der Waals surface area (Å²) < 4.78 is 10.2. The Labute approximate surface area is 90.9 Å². The van der Waals surface area contributed by atoms with Gasteiger partial charge >= 0.3 is 0 Å². The van der Waals surface area contributed by atoms with Crippen LogP contribution in [0.15, 0.2) is 0 Å². The zero-order valence-corrected chi connectivity index (χ0v) is 9.91. The molecule has 0 aliphatic heterocycles. The van der Waals surface area contributed by atoms with E-state index in [0.717, 1.165) is 0 Å². The predicted octanol–water partition coefficient (Wildman–Crippen LogP) is 1.36. The van der Waals surface area contributed by atoms with E-state index in [9.17, 15) is 9.59 Å². The number of Topliss-reactive ketones (excluding diaryl/α,β-unsaturated/α-hetero) is 2. The molecule has 0 amide bonds. The van der Waals surface area contributed by atoms with E-state index in [1.807, 2.05) is 13.8 Å². The lowest BCUT2D eigenvalue weighted by molar-refractivity contribution is -0.138. The molecule has 4 nitrogen and oxygen atoms in total. The molecule has 0 radical (unpaired) electrons. The summed E-state index contributed by atoms with van der Waals surface area (Å²) in [6.45, 7) is 7.89. The smallest absolute Gasteiger partial charge is 0.168 e. The lowest BCUT2D eigenvalue weighted by atomic mass is 10.1. The Hall–Kier alpha value is -0.740. The maximum absolute atomic E-state index is 11.5. The van der Waals surface area contributed by atoms with Crippen LogP contribution in [0.25, 0.3) is 0 Å². The maximum Gasteiger partial charge on any atom is 0.168 e. The summed E-state index contributed by atoms with van der Waals surface area (Å²) in [5.74, 6) is -0.373. The molecule has 0 N–H and O–H groups in total. The third kappa shape index (κ3) is 5.64. The molecule has 0 aromatic rings. The summed E-state index contributed by atoms with van der Waals surface area (Å²) in [5, 5.41) is 0. The number of carbonyl (C=O) groups is 2. The fourth-order valence-corrected chi connectivity index (χ4v) is 1.15. The number of hydrogen-bond donors (Lipinski definition) is 0. The van der Waals surface area contributed by atoms with Crippen LogP contribution in [0.2, 0.25) is 0 Å². The molecular formula is C11H20O4. The van der Waals surface area contributed by atoms with E-state index in [4.69, 9.17) is 9.47 Å². The highest BCUT2D eigenvalue weighted by molar-refractivity contribution is 6.02. The molecule has 0 aromatic heterocycles. The second-order valence-electron chi connectivity index (χ2n) is 3.30. The second-order valence-corrected chi connectivity index (χ2v) is 3.30. The van der Waals surface area contributed by atoms with Crippen LogP contribution in [0.1, 0.15) is 34.1 Å². The third-order valence-corrected chi connectivity index (χ3v) is 2.09. The van der Waals surface area contributed by atoms with Crippen molar-refractivity contribution in [1.29, 1.82) is 0 Å². The average Bonchev–Trinajstić information content (AvgIpc) is 2.18. The number of ether oxygens (including phenoxy) is 2. The van der Waals surface area contributed by atoms with Crippen molar-refractivity contribution in [2.75, 3.05) is 13.2 Å². The Morgan fingerprint density at radius 2 is 1.27 bits per heavy atom. The van der Waals surface area contributed by atoms with Gasteiger partial charge in [-0.25, -0.2) is 0 Å². The van der Waals surface area contributed by atoms with E-state index in [1.54, 1.807) is 13.8 Å². The summed E-state index contributed by atoms with van der Waals surface area (Å²) in [4.78, 5) is 22.9. The SMILES string of the molecule is CCOC(C)C(=O)CC(=O)C(C)OCC. The van der Waals surface area contributed by atoms with E-state index in [0.29, 0.717) is 13.2 Å². The fourth-order valence-electron chi connectivity index (χ4n) is 1.15. The van der Waals surface area contributed by atoms with Gasteiger partial charge in [0.15, 0.2) is 11.6 Å². The van der Waals surface area contributed by atoms with Crippen molar-refractivity contribution in [1.82, 2.24) is 0 Å². The van der Waals surface area contributed by atoms with Gasteiger partial charge in [0.25, 0.3) is 0 Å². The Morgan fingerprint density at radius 3 is 1.53 bits per heavy atom. The molecule has 0 saturated carbocycles. The molecule has 2 atom stereocenters. The van der Waals surface area contributed by atoms with Gasteiger partial charge in [-0.3, -0.25) is 9.59 Å². The summed E-state index contributed by atoms with van der Waals surface area (Å²) >= 11 is 0. The number of carbonyl (C=O) groups excluding carboxylic acids is 2. The van der Waals surface area contributed by atoms with Crippen LogP contribution < -0.4 is 0 Å². The van der Waals surface area contributed by atoms with Crippen LogP contribution in [-0.4, -0.2) is 37.0 Å². The standard InChI is InChI=1S/C11H20O4/c1-5-14-8(3)10(12)7-11(13)9(4)15-6-2/h8-9H,5-7H2,1-4H3. The first-order valence-electron chi connectivity index (χ1n) is 5.31. The molecule has 0 fully saturated rings. The molecule has 15 heavy (non-hydrogen) atoms. The Kier molecular flexibility index (Phi) is 7.17. The first-order chi connectivity index (χ1) is 7.02. The highest BCUT2D eigenvalue weighted by Crippen LogP contribution is 2.02. The second kappa shape index (κ2) is 7.54. The molecule has 0 heterocycles. The molecule has 88 valence electrons. The fraction of sp³-hybridized carbons (Fsp3) is 0.818. The minimum atomic E-state index is -0.507. The molecule has 0 aromatic carbocycles. The van der Waals surface area contributed by atoms with Gasteiger partial charge in [0, 0.05) is 13.2 Å². The summed E-state index contributed by atoms with van der Waals surface area (Å²) in [5.41, 5.74) is 0. The van der Waals surface area contributed by atoms with Gasteiger partial charge in [-0.1, -0.05) is 0 Å². The van der Waals surface area contributed by atoms with Gasteiger partial charge in [0.1, 0.15) is 12.2 Å². The largest absolute Gasteiger partial charge is 0.371 e. The first-order valence-corrected chi connectivity index (χ1v) is 5.31. The lowest BCUT2D eigenvalue weighted by Gasteiger charge is -2.12. The predicted molar refractivity (Wildman–Crippen MR) is 56.8 cm³/mol. The molecule has 0 spiro atoms. The van der Waals surface area contributed by atoms with Crippen molar-refractivity contribution in [3.63, 3.8) is 0 Å². The summed E-state index contributed by atoms with van der Waals surface area (Å²) in [6, 6.07) is 0. The molecule has 0 saturated heterocycles. The highest BCUT2D eigenvalue weighted by atomic mass is 16.5. The molecule has 4 heteroatoms. The van der Waals surface area contributed by atoms with Crippen molar-refractivity contribution in [3.8, 4) is 0 Å². The van der Waals surface area contributed by atoms with Crippen LogP contribution >= 0.6 is 0 Å². The van der Waals surface area contributed by atoms with E-state index in [2.05, 4.69) is 0 Å². The zero-order chi connectivity index (χ0) is 11.8. The molecule has 0 aliphatic carbocycles. The quantitative estimate of drug-likeness (QED) is 0.575. The molecule has 0 rings (SSSR count). The maximum atomic E-state index is 11.5. The summed E-state index contributed by atoms with van der Waals surface area (Å²) in [6.07, 6.45) is -1.12. The van der Waals surface area contributed by atoms with Crippen LogP contribution in [-0.2, 0) is 19.1 Å². The van der Waals surface area contributed by atoms with E-state index < -0.39 is 12.2 Å². The number of ketones is 2. The average molecular weight is 216 g/mol. The third-order valence-electron chi connectivity index (χ3n) is 2.09. The molecule has 0 bridgehead atoms. The van der Waals surface area contributed by atoms with E-state index in [1.165, 1.54) is 0 Å². The summed E-state index contributed by atoms with van der Waals surface area (Å²) in [7, 11) is 0. The van der Waals surface area contributed by atoms with Crippen LogP contribution in [0.4, 0.5) is 0 Å². The van der Waals surface area contributed by atoms with Gasteiger partial charge in [0.05, 0.1) is 6.42 Å². The van der Waals surface area contributed by atoms with E-state index in [-0.39, 0.29) is 18.0 Å². The molecule has 0 aliphatic rings. The normalized spacial score (nSPS) is 14.7. The van der Waals surface area contributed by atoms with Crippen molar-refractivity contribution < 1.29 is 19.1 Å². The Morgan fingerprint density at radius 1 is 0.933 bits per heavy atom. The molecule has 2 unspecified atom stereocenters. The topological polar surface area (TPSA) is 52.6 Å². The van der Waals surface area contributed by atoms with Crippen molar-refractivity contribution >= 4 is 11.6 Å². The number of hydrogen-bond acceptors (Lipinski definition) is 4. The molecular weight excluding hydrogens is 196 g/mol. The van der Waals surface area contributed by atoms with Crippen molar-refractivity contribution in [2.24, 2.45) is 0 Å². The Balaban J connectivity index is 4.00. The van der Waals surface area contributed by atoms with Gasteiger partial charge in [-0.2, -0.15) is 0 Å². The lowest BCUT2D eigenvalue weighted by Crippen LogP contribution is -2.28. The van der Waals surface area contributed by atoms with Crippen molar-refractivity contribution in [2.45, 2.75) is 46.3 Å². The minimum Gasteiger partial charge on any atom is -0.371 e. The van der Waals surface area contributed by atoms with Gasteiger partial charge in [0.2, 0.25) is 0 Å². The van der Waals surface area contributed by atoms with Gasteiger partial charge in [-0.15, -0.1) is 0 Å². The van der Waals surface area contributed by atoms with E-state index >= 15 is 0 Å². The highest BCUT2D eigenvalue weighted by Gasteiger charge is 2.20. The minimum absolute atomic E-state index is 0.109. The van der Waals surface area contributed by atoms with Crippen molar-refractivity contribution in [3.05, 3.63) is 0 Å². The van der Waals surface area contributed by atoms with Crippen LogP contribution in [0.5, 0.6) is 0 Å². The zero-order valence-electron chi connectivity index (χ0n) is 9.91. The van der Waals surface area contributed by atoms with Crippen LogP contribution in [0, 0.1) is 0 Å². The Bertz CT molecular complexity index is 191. The van der Waals surface area contributed by atoms with Gasteiger partial charge < -0.3 is 9.47 Å². The first kappa shape index (κ1) is 14.3.